The van der Waals surface area contributed by atoms with Gasteiger partial charge in [0.05, 0.1) is 7.11 Å². The van der Waals surface area contributed by atoms with Gasteiger partial charge in [-0.1, -0.05) is 0 Å². The van der Waals surface area contributed by atoms with Crippen molar-refractivity contribution in [3.05, 3.63) is 29.3 Å². The zero-order chi connectivity index (χ0) is 9.42. The fraction of sp³-hybridized carbons (Fsp3) is 0.333. The fourth-order valence-electron chi connectivity index (χ4n) is 1.27. The highest BCUT2D eigenvalue weighted by Gasteiger charge is 2.25. The average Bonchev–Trinajstić information content (AvgIpc) is 2.85. The van der Waals surface area contributed by atoms with Crippen molar-refractivity contribution in [2.24, 2.45) is 0 Å². The van der Waals surface area contributed by atoms with E-state index in [-0.39, 0.29) is 11.8 Å². The van der Waals surface area contributed by atoms with Crippen molar-refractivity contribution in [1.82, 2.24) is 5.32 Å². The molecule has 0 aromatic heterocycles. The van der Waals surface area contributed by atoms with Crippen LogP contribution in [0.2, 0.25) is 0 Å². The molecule has 2 rings (SSSR count). The molecule has 0 unspecified atom stereocenters. The van der Waals surface area contributed by atoms with Crippen LogP contribution in [0.5, 0.6) is 5.75 Å². The fourth-order valence-corrected chi connectivity index (χ4v) is 1.27. The van der Waals surface area contributed by atoms with Gasteiger partial charge in [0.15, 0.2) is 17.4 Å². The van der Waals surface area contributed by atoms with E-state index in [1.807, 2.05) is 0 Å². The second kappa shape index (κ2) is 2.96. The summed E-state index contributed by atoms with van der Waals surface area (Å²) in [5, 5.41) is 2.97. The first-order chi connectivity index (χ1) is 6.22. The van der Waals surface area contributed by atoms with Gasteiger partial charge in [-0.2, -0.15) is 0 Å². The lowest BCUT2D eigenvalue weighted by molar-refractivity contribution is 0.359. The molecular formula is C9H9F2NO. The molecule has 0 bridgehead atoms. The molecule has 0 spiro atoms. The van der Waals surface area contributed by atoms with Crippen LogP contribution < -0.4 is 10.1 Å². The van der Waals surface area contributed by atoms with Gasteiger partial charge in [-0.05, 0) is 17.7 Å². The molecule has 0 aliphatic carbocycles. The second-order valence-electron chi connectivity index (χ2n) is 2.98. The molecule has 1 saturated heterocycles. The van der Waals surface area contributed by atoms with E-state index in [0.717, 1.165) is 6.54 Å². The predicted octanol–water partition coefficient (Wildman–Crippen LogP) is 1.62. The molecule has 1 atom stereocenters. The summed E-state index contributed by atoms with van der Waals surface area (Å²) in [4.78, 5) is 0. The van der Waals surface area contributed by atoms with Gasteiger partial charge < -0.3 is 10.1 Å². The topological polar surface area (TPSA) is 31.2 Å². The Morgan fingerprint density at radius 2 is 1.92 bits per heavy atom. The summed E-state index contributed by atoms with van der Waals surface area (Å²) >= 11 is 0. The quantitative estimate of drug-likeness (QED) is 0.710. The highest BCUT2D eigenvalue weighted by Crippen LogP contribution is 2.28. The van der Waals surface area contributed by atoms with Gasteiger partial charge >= 0.3 is 0 Å². The van der Waals surface area contributed by atoms with Crippen LogP contribution in [0.3, 0.4) is 0 Å². The third-order valence-electron chi connectivity index (χ3n) is 2.04. The number of hydrogen-bond donors (Lipinski definition) is 1. The molecule has 70 valence electrons. The van der Waals surface area contributed by atoms with Gasteiger partial charge in [-0.3, -0.25) is 0 Å². The number of ether oxygens (including phenoxy) is 1. The van der Waals surface area contributed by atoms with E-state index in [1.54, 1.807) is 0 Å². The summed E-state index contributed by atoms with van der Waals surface area (Å²) in [5.41, 5.74) is 0.635. The molecule has 1 aliphatic heterocycles. The molecule has 4 heteroatoms. The van der Waals surface area contributed by atoms with Crippen molar-refractivity contribution in [3.8, 4) is 5.75 Å². The van der Waals surface area contributed by atoms with Gasteiger partial charge in [-0.25, -0.2) is 8.78 Å². The van der Waals surface area contributed by atoms with Gasteiger partial charge in [0.1, 0.15) is 0 Å². The highest BCUT2D eigenvalue weighted by atomic mass is 19.1. The Morgan fingerprint density at radius 1 is 1.38 bits per heavy atom. The van der Waals surface area contributed by atoms with Crippen molar-refractivity contribution >= 4 is 0 Å². The minimum atomic E-state index is -0.647. The predicted molar refractivity (Wildman–Crippen MR) is 43.7 cm³/mol. The van der Waals surface area contributed by atoms with Gasteiger partial charge in [0, 0.05) is 12.6 Å². The van der Waals surface area contributed by atoms with Crippen LogP contribution in [0.4, 0.5) is 8.78 Å². The van der Waals surface area contributed by atoms with Crippen LogP contribution in [-0.4, -0.2) is 13.7 Å². The minimum Gasteiger partial charge on any atom is -0.491 e. The van der Waals surface area contributed by atoms with E-state index >= 15 is 0 Å². The standard InChI is InChI=1S/C9H9F2NO/c1-13-9-6(10)2-5(3-7(9)11)8-4-12-8/h2-3,8,12H,4H2,1H3/t8-/m0/s1. The Bertz CT molecular complexity index is 313. The van der Waals surface area contributed by atoms with E-state index in [4.69, 9.17) is 0 Å². The Hall–Kier alpha value is -1.16. The molecule has 13 heavy (non-hydrogen) atoms. The zero-order valence-corrected chi connectivity index (χ0v) is 7.10. The maximum Gasteiger partial charge on any atom is 0.190 e. The molecule has 0 radical (unpaired) electrons. The van der Waals surface area contributed by atoms with Crippen LogP contribution in [0, 0.1) is 11.6 Å². The number of halogens is 2. The summed E-state index contributed by atoms with van der Waals surface area (Å²) in [5.74, 6) is -1.61. The maximum atomic E-state index is 13.1. The third kappa shape index (κ3) is 1.49. The van der Waals surface area contributed by atoms with Gasteiger partial charge in [0.2, 0.25) is 0 Å². The van der Waals surface area contributed by atoms with Crippen molar-refractivity contribution in [3.63, 3.8) is 0 Å². The smallest absolute Gasteiger partial charge is 0.190 e. The minimum absolute atomic E-state index is 0.106. The zero-order valence-electron chi connectivity index (χ0n) is 7.10. The van der Waals surface area contributed by atoms with E-state index in [1.165, 1.54) is 19.2 Å². The van der Waals surface area contributed by atoms with Crippen LogP contribution in [0.1, 0.15) is 11.6 Å². The SMILES string of the molecule is COc1c(F)cc([C@@H]2CN2)cc1F. The number of nitrogens with one attached hydrogen (secondary N) is 1. The summed E-state index contributed by atoms with van der Waals surface area (Å²) in [7, 11) is 1.25. The lowest BCUT2D eigenvalue weighted by atomic mass is 10.1. The van der Waals surface area contributed by atoms with Crippen LogP contribution in [-0.2, 0) is 0 Å². The van der Waals surface area contributed by atoms with Gasteiger partial charge in [0.25, 0.3) is 0 Å². The van der Waals surface area contributed by atoms with Gasteiger partial charge in [-0.15, -0.1) is 0 Å². The third-order valence-corrected chi connectivity index (χ3v) is 2.04. The summed E-state index contributed by atoms with van der Waals surface area (Å²) < 4.78 is 30.8. The maximum absolute atomic E-state index is 13.1. The molecule has 1 aromatic rings. The monoisotopic (exact) mass is 185 g/mol. The number of hydrogen-bond acceptors (Lipinski definition) is 2. The van der Waals surface area contributed by atoms with E-state index in [9.17, 15) is 8.78 Å². The summed E-state index contributed by atoms with van der Waals surface area (Å²) in [6.45, 7) is 0.783. The number of benzene rings is 1. The molecule has 1 aliphatic rings. The molecule has 1 N–H and O–H groups in total. The Labute approximate surface area is 74.5 Å². The van der Waals surface area contributed by atoms with Crippen LogP contribution >= 0.6 is 0 Å². The Balaban J connectivity index is 2.42. The van der Waals surface area contributed by atoms with E-state index < -0.39 is 11.6 Å². The van der Waals surface area contributed by atoms with Crippen molar-refractivity contribution < 1.29 is 13.5 Å². The van der Waals surface area contributed by atoms with Crippen molar-refractivity contribution in [1.29, 1.82) is 0 Å². The Kier molecular flexibility index (Phi) is 1.92. The number of rotatable bonds is 2. The van der Waals surface area contributed by atoms with E-state index in [2.05, 4.69) is 10.1 Å². The van der Waals surface area contributed by atoms with Crippen molar-refractivity contribution in [2.45, 2.75) is 6.04 Å². The lowest BCUT2D eigenvalue weighted by Gasteiger charge is -2.05. The molecule has 2 nitrogen and oxygen atoms in total. The molecule has 0 amide bonds. The second-order valence-corrected chi connectivity index (χ2v) is 2.98. The molecular weight excluding hydrogens is 176 g/mol. The normalized spacial score (nSPS) is 20.1. The number of methoxy groups -OCH3 is 1. The summed E-state index contributed by atoms with van der Waals surface area (Å²) in [6, 6.07) is 2.70. The van der Waals surface area contributed by atoms with Crippen molar-refractivity contribution in [2.75, 3.05) is 13.7 Å². The first-order valence-corrected chi connectivity index (χ1v) is 3.98. The lowest BCUT2D eigenvalue weighted by Crippen LogP contribution is -1.95. The first kappa shape index (κ1) is 8.44. The average molecular weight is 185 g/mol. The molecule has 1 aromatic carbocycles. The molecule has 1 heterocycles. The molecule has 0 saturated carbocycles. The largest absolute Gasteiger partial charge is 0.491 e. The van der Waals surface area contributed by atoms with E-state index in [0.29, 0.717) is 5.56 Å². The highest BCUT2D eigenvalue weighted by molar-refractivity contribution is 5.34. The summed E-state index contributed by atoms with van der Waals surface area (Å²) in [6.07, 6.45) is 0. The molecule has 1 fully saturated rings. The first-order valence-electron chi connectivity index (χ1n) is 3.98. The van der Waals surface area contributed by atoms with Crippen LogP contribution in [0.25, 0.3) is 0 Å². The van der Waals surface area contributed by atoms with Crippen LogP contribution in [0.15, 0.2) is 12.1 Å². The Morgan fingerprint density at radius 3 is 2.31 bits per heavy atom.